The lowest BCUT2D eigenvalue weighted by Gasteiger charge is -2.07. The van der Waals surface area contributed by atoms with Gasteiger partial charge in [0.05, 0.1) is 22.2 Å². The van der Waals surface area contributed by atoms with Crippen LogP contribution in [-0.4, -0.2) is 18.5 Å². The van der Waals surface area contributed by atoms with Crippen molar-refractivity contribution in [3.05, 3.63) is 55.9 Å². The summed E-state index contributed by atoms with van der Waals surface area (Å²) >= 11 is 13.4. The van der Waals surface area contributed by atoms with Gasteiger partial charge in [0.15, 0.2) is 0 Å². The van der Waals surface area contributed by atoms with Crippen LogP contribution in [0.3, 0.4) is 0 Å². The van der Waals surface area contributed by atoms with Crippen molar-refractivity contribution in [3.63, 3.8) is 0 Å². The highest BCUT2D eigenvalue weighted by Crippen LogP contribution is 2.38. The highest BCUT2D eigenvalue weighted by molar-refractivity contribution is 7.17. The predicted octanol–water partition coefficient (Wildman–Crippen LogP) is 6.15. The molecule has 0 radical (unpaired) electrons. The van der Waals surface area contributed by atoms with Crippen LogP contribution in [0, 0.1) is 0 Å². The summed E-state index contributed by atoms with van der Waals surface area (Å²) in [5, 5.41) is 4.31. The van der Waals surface area contributed by atoms with E-state index in [1.165, 1.54) is 22.3 Å². The number of halogens is 2. The Balaban J connectivity index is 1.82. The maximum atomic E-state index is 12.5. The molecule has 7 heteroatoms. The van der Waals surface area contributed by atoms with Crippen LogP contribution in [0.25, 0.3) is 6.08 Å². The number of amides is 1. The largest absolute Gasteiger partial charge is 0.462 e. The minimum Gasteiger partial charge on any atom is -0.462 e. The first-order valence-electron chi connectivity index (χ1n) is 9.25. The third-order valence-corrected chi connectivity index (χ3v) is 6.45. The number of thiophene rings is 1. The summed E-state index contributed by atoms with van der Waals surface area (Å²) in [7, 11) is 0. The van der Waals surface area contributed by atoms with Gasteiger partial charge in [-0.2, -0.15) is 0 Å². The average Bonchev–Trinajstić information content (AvgIpc) is 2.83. The van der Waals surface area contributed by atoms with Crippen LogP contribution in [-0.2, 0) is 22.4 Å². The molecule has 1 aromatic heterocycles. The lowest BCUT2D eigenvalue weighted by molar-refractivity contribution is -0.111. The van der Waals surface area contributed by atoms with E-state index in [4.69, 9.17) is 27.9 Å². The molecule has 1 amide bonds. The lowest BCUT2D eigenvalue weighted by Crippen LogP contribution is -2.13. The Morgan fingerprint density at radius 1 is 1.18 bits per heavy atom. The fraction of sp³-hybridized carbons (Fsp3) is 0.333. The van der Waals surface area contributed by atoms with Gasteiger partial charge >= 0.3 is 5.97 Å². The van der Waals surface area contributed by atoms with Crippen LogP contribution >= 0.6 is 34.5 Å². The van der Waals surface area contributed by atoms with Crippen LogP contribution in [0.4, 0.5) is 5.00 Å². The summed E-state index contributed by atoms with van der Waals surface area (Å²) < 4.78 is 5.24. The summed E-state index contributed by atoms with van der Waals surface area (Å²) in [6.07, 6.45) is 8.13. The molecule has 0 atom stereocenters. The van der Waals surface area contributed by atoms with Crippen LogP contribution in [0.1, 0.15) is 52.5 Å². The lowest BCUT2D eigenvalue weighted by atomic mass is 10.1. The maximum Gasteiger partial charge on any atom is 0.341 e. The van der Waals surface area contributed by atoms with Gasteiger partial charge in [-0.1, -0.05) is 35.7 Å². The van der Waals surface area contributed by atoms with Crippen LogP contribution in [0.5, 0.6) is 0 Å². The minimum atomic E-state index is -0.370. The maximum absolute atomic E-state index is 12.5. The number of benzene rings is 1. The first-order valence-corrected chi connectivity index (χ1v) is 10.8. The molecule has 0 unspecified atom stereocenters. The van der Waals surface area contributed by atoms with Gasteiger partial charge in [-0.3, -0.25) is 4.79 Å². The van der Waals surface area contributed by atoms with E-state index in [-0.39, 0.29) is 11.9 Å². The first-order chi connectivity index (χ1) is 13.5. The molecule has 2 aromatic rings. The second-order valence-electron chi connectivity index (χ2n) is 6.49. The minimum absolute atomic E-state index is 0.300. The summed E-state index contributed by atoms with van der Waals surface area (Å²) in [4.78, 5) is 26.1. The van der Waals surface area contributed by atoms with E-state index in [0.717, 1.165) is 43.2 Å². The number of anilines is 1. The summed E-state index contributed by atoms with van der Waals surface area (Å²) in [6, 6.07) is 5.14. The monoisotopic (exact) mass is 437 g/mol. The van der Waals surface area contributed by atoms with Crippen molar-refractivity contribution < 1.29 is 14.3 Å². The second kappa shape index (κ2) is 9.59. The van der Waals surface area contributed by atoms with Crippen molar-refractivity contribution in [2.24, 2.45) is 0 Å². The Labute approximate surface area is 178 Å². The number of esters is 1. The Hall–Kier alpha value is -1.82. The smallest absolute Gasteiger partial charge is 0.341 e. The van der Waals surface area contributed by atoms with Crippen molar-refractivity contribution in [3.8, 4) is 0 Å². The molecule has 1 heterocycles. The standard InChI is InChI=1S/C21H21Cl2NO3S/c1-2-27-21(26)19-14-6-4-3-5-7-17(14)28-20(19)24-18(25)11-9-13-8-10-15(22)16(23)12-13/h8-12H,2-7H2,1H3,(H,24,25)/b11-9-. The van der Waals surface area contributed by atoms with Crippen molar-refractivity contribution >= 4 is 57.5 Å². The number of ether oxygens (including phenoxy) is 1. The number of hydrogen-bond acceptors (Lipinski definition) is 4. The first kappa shape index (κ1) is 20.9. The zero-order valence-electron chi connectivity index (χ0n) is 15.5. The molecule has 0 saturated heterocycles. The van der Waals surface area contributed by atoms with Gasteiger partial charge in [-0.05, 0) is 61.9 Å². The normalized spacial score (nSPS) is 13.8. The molecule has 4 nitrogen and oxygen atoms in total. The van der Waals surface area contributed by atoms with E-state index in [9.17, 15) is 9.59 Å². The molecule has 1 aliphatic rings. The molecule has 1 aromatic carbocycles. The van der Waals surface area contributed by atoms with Crippen LogP contribution < -0.4 is 5.32 Å². The van der Waals surface area contributed by atoms with Gasteiger partial charge < -0.3 is 10.1 Å². The topological polar surface area (TPSA) is 55.4 Å². The number of fused-ring (bicyclic) bond motifs is 1. The van der Waals surface area contributed by atoms with E-state index in [1.54, 1.807) is 31.2 Å². The molecule has 0 fully saturated rings. The number of nitrogens with one attached hydrogen (secondary N) is 1. The molecule has 3 rings (SSSR count). The number of hydrogen-bond donors (Lipinski definition) is 1. The fourth-order valence-corrected chi connectivity index (χ4v) is 4.78. The summed E-state index contributed by atoms with van der Waals surface area (Å²) in [5.74, 6) is -0.682. The number of carbonyl (C=O) groups excluding carboxylic acids is 2. The van der Waals surface area contributed by atoms with Gasteiger partial charge in [0.1, 0.15) is 5.00 Å². The zero-order valence-corrected chi connectivity index (χ0v) is 17.8. The number of carbonyl (C=O) groups is 2. The molecule has 0 saturated carbocycles. The molecule has 28 heavy (non-hydrogen) atoms. The average molecular weight is 438 g/mol. The quantitative estimate of drug-likeness (QED) is 0.346. The van der Waals surface area contributed by atoms with Gasteiger partial charge in [0, 0.05) is 11.0 Å². The molecular weight excluding hydrogens is 417 g/mol. The Morgan fingerprint density at radius 3 is 2.71 bits per heavy atom. The van der Waals surface area contributed by atoms with Crippen molar-refractivity contribution in [2.75, 3.05) is 11.9 Å². The predicted molar refractivity (Wildman–Crippen MR) is 116 cm³/mol. The van der Waals surface area contributed by atoms with Crippen molar-refractivity contribution in [1.82, 2.24) is 0 Å². The van der Waals surface area contributed by atoms with Crippen molar-refractivity contribution in [1.29, 1.82) is 0 Å². The van der Waals surface area contributed by atoms with E-state index in [2.05, 4.69) is 5.32 Å². The van der Waals surface area contributed by atoms with E-state index < -0.39 is 0 Å². The summed E-state index contributed by atoms with van der Waals surface area (Å²) in [6.45, 7) is 2.08. The second-order valence-corrected chi connectivity index (χ2v) is 8.40. The highest BCUT2D eigenvalue weighted by Gasteiger charge is 2.26. The Bertz CT molecular complexity index is 921. The van der Waals surface area contributed by atoms with Crippen molar-refractivity contribution in [2.45, 2.75) is 39.0 Å². The van der Waals surface area contributed by atoms with E-state index in [0.29, 0.717) is 27.2 Å². The Kier molecular flexibility index (Phi) is 7.16. The SMILES string of the molecule is CCOC(=O)c1c(NC(=O)/C=C\c2ccc(Cl)c(Cl)c2)sc2c1CCCCC2. The third-order valence-electron chi connectivity index (χ3n) is 4.51. The molecule has 0 bridgehead atoms. The van der Waals surface area contributed by atoms with E-state index in [1.807, 2.05) is 0 Å². The number of aryl methyl sites for hydroxylation is 1. The van der Waals surface area contributed by atoms with E-state index >= 15 is 0 Å². The zero-order chi connectivity index (χ0) is 20.1. The van der Waals surface area contributed by atoms with Crippen LogP contribution in [0.2, 0.25) is 10.0 Å². The Morgan fingerprint density at radius 2 is 1.96 bits per heavy atom. The molecule has 1 N–H and O–H groups in total. The molecule has 0 aliphatic heterocycles. The molecule has 1 aliphatic carbocycles. The van der Waals surface area contributed by atoms with Crippen LogP contribution in [0.15, 0.2) is 24.3 Å². The van der Waals surface area contributed by atoms with Gasteiger partial charge in [-0.25, -0.2) is 4.79 Å². The molecular formula is C21H21Cl2NO3S. The third kappa shape index (κ3) is 4.96. The molecule has 148 valence electrons. The summed E-state index contributed by atoms with van der Waals surface area (Å²) in [5.41, 5.74) is 2.31. The van der Waals surface area contributed by atoms with Gasteiger partial charge in [0.2, 0.25) is 5.91 Å². The van der Waals surface area contributed by atoms with Gasteiger partial charge in [-0.15, -0.1) is 11.3 Å². The molecule has 0 spiro atoms. The number of rotatable bonds is 5. The highest BCUT2D eigenvalue weighted by atomic mass is 35.5. The van der Waals surface area contributed by atoms with Gasteiger partial charge in [0.25, 0.3) is 0 Å². The fourth-order valence-electron chi connectivity index (χ4n) is 3.19.